The minimum Gasteiger partial charge on any atom is -0.396 e. The molecule has 0 saturated carbocycles. The van der Waals surface area contributed by atoms with Crippen LogP contribution in [0, 0.1) is 6.92 Å². The summed E-state index contributed by atoms with van der Waals surface area (Å²) in [6.45, 7) is 1.08. The van der Waals surface area contributed by atoms with Gasteiger partial charge in [-0.2, -0.15) is 18.2 Å². The first-order valence-electron chi connectivity index (χ1n) is 13.7. The largest absolute Gasteiger partial charge is 0.416 e. The molecule has 0 fully saturated rings. The summed E-state index contributed by atoms with van der Waals surface area (Å²) in [6.07, 6.45) is 0.628. The predicted molar refractivity (Wildman–Crippen MR) is 161 cm³/mol. The number of nitrogens with one attached hydrogen (secondary N) is 1. The van der Waals surface area contributed by atoms with E-state index in [0.717, 1.165) is 6.07 Å². The molecule has 0 atom stereocenters. The van der Waals surface area contributed by atoms with Gasteiger partial charge in [0.15, 0.2) is 0 Å². The molecule has 3 aromatic heterocycles. The molecule has 0 spiro atoms. The van der Waals surface area contributed by atoms with Gasteiger partial charge in [-0.25, -0.2) is 9.97 Å². The van der Waals surface area contributed by atoms with E-state index in [0.29, 0.717) is 40.7 Å². The van der Waals surface area contributed by atoms with E-state index in [1.165, 1.54) is 29.0 Å². The minimum absolute atomic E-state index is 0.0936. The van der Waals surface area contributed by atoms with E-state index in [2.05, 4.69) is 25.3 Å². The maximum absolute atomic E-state index is 14.1. The van der Waals surface area contributed by atoms with E-state index in [9.17, 15) is 28.2 Å². The van der Waals surface area contributed by atoms with Crippen LogP contribution in [0.1, 0.15) is 29.7 Å². The Hall–Kier alpha value is -4.39. The monoisotopic (exact) mass is 624 g/mol. The van der Waals surface area contributed by atoms with Crippen molar-refractivity contribution < 1.29 is 23.4 Å². The third-order valence-electron chi connectivity index (χ3n) is 7.08. The summed E-state index contributed by atoms with van der Waals surface area (Å²) in [6, 6.07) is 11.3. The highest BCUT2D eigenvalue weighted by atomic mass is 35.5. The first-order chi connectivity index (χ1) is 21.1. The van der Waals surface area contributed by atoms with Crippen LogP contribution in [-0.4, -0.2) is 54.0 Å². The molecule has 0 saturated heterocycles. The second-order valence-corrected chi connectivity index (χ2v) is 10.6. The Kier molecular flexibility index (Phi) is 9.23. The molecular weight excluding hydrogens is 597 g/mol. The fourth-order valence-corrected chi connectivity index (χ4v) is 5.23. The molecule has 0 radical (unpaired) electrons. The highest BCUT2D eigenvalue weighted by Gasteiger charge is 2.33. The molecule has 0 aliphatic heterocycles. The maximum atomic E-state index is 14.1. The lowest BCUT2D eigenvalue weighted by Crippen LogP contribution is -2.26. The number of pyridine rings is 1. The molecular formula is C31H28ClF3N6O3. The van der Waals surface area contributed by atoms with Crippen molar-refractivity contribution in [2.45, 2.75) is 38.5 Å². The average molecular weight is 625 g/mol. The SMILES string of the molecule is Cc1cncc(-c2ccc(-c3cc4cnc(NC(CCO)CCO)nc4n(Cc4ccccc4C(F)(F)F)c3=O)c(Cl)c2)n1. The second kappa shape index (κ2) is 13.1. The summed E-state index contributed by atoms with van der Waals surface area (Å²) < 4.78 is 43.0. The van der Waals surface area contributed by atoms with Crippen molar-refractivity contribution in [3.8, 4) is 22.4 Å². The summed E-state index contributed by atoms with van der Waals surface area (Å²) in [5.74, 6) is 0.0936. The van der Waals surface area contributed by atoms with E-state index in [4.69, 9.17) is 11.6 Å². The van der Waals surface area contributed by atoms with Gasteiger partial charge in [0.05, 0.1) is 29.7 Å². The summed E-state index contributed by atoms with van der Waals surface area (Å²) in [7, 11) is 0. The maximum Gasteiger partial charge on any atom is 0.416 e. The van der Waals surface area contributed by atoms with Crippen LogP contribution in [0.3, 0.4) is 0 Å². The van der Waals surface area contributed by atoms with Crippen molar-refractivity contribution in [2.24, 2.45) is 0 Å². The Morgan fingerprint density at radius 1 is 0.977 bits per heavy atom. The number of aryl methyl sites for hydroxylation is 1. The topological polar surface area (TPSA) is 126 Å². The normalized spacial score (nSPS) is 11.8. The van der Waals surface area contributed by atoms with Crippen LogP contribution in [-0.2, 0) is 12.7 Å². The molecule has 228 valence electrons. The first kappa shape index (κ1) is 31.0. The summed E-state index contributed by atoms with van der Waals surface area (Å²) in [4.78, 5) is 31.5. The molecule has 5 rings (SSSR count). The first-order valence-corrected chi connectivity index (χ1v) is 14.1. The zero-order valence-electron chi connectivity index (χ0n) is 23.5. The lowest BCUT2D eigenvalue weighted by atomic mass is 10.0. The molecule has 13 heteroatoms. The Morgan fingerprint density at radius 3 is 2.41 bits per heavy atom. The molecule has 9 nitrogen and oxygen atoms in total. The number of nitrogens with zero attached hydrogens (tertiary/aromatic N) is 5. The second-order valence-electron chi connectivity index (χ2n) is 10.2. The van der Waals surface area contributed by atoms with Gasteiger partial charge < -0.3 is 15.5 Å². The quantitative estimate of drug-likeness (QED) is 0.186. The van der Waals surface area contributed by atoms with Gasteiger partial charge in [-0.05, 0) is 43.5 Å². The number of hydrogen-bond donors (Lipinski definition) is 3. The molecule has 0 aliphatic carbocycles. The molecule has 2 aromatic carbocycles. The van der Waals surface area contributed by atoms with E-state index in [-0.39, 0.29) is 47.0 Å². The standard InChI is InChI=1S/C31H28ClF3N6O3/c1-18-14-36-16-27(38-18)19-6-7-23(26(32)13-19)24-12-21-15-37-30(39-22(8-10-42)9-11-43)40-28(21)41(29(24)44)17-20-4-2-3-5-25(20)31(33,34)35/h2-7,12-16,22,42-43H,8-11,17H2,1H3,(H,37,39,40). The lowest BCUT2D eigenvalue weighted by molar-refractivity contribution is -0.138. The van der Waals surface area contributed by atoms with Crippen LogP contribution in [0.4, 0.5) is 19.1 Å². The zero-order chi connectivity index (χ0) is 31.4. The number of hydrogen-bond acceptors (Lipinski definition) is 8. The minimum atomic E-state index is -4.64. The van der Waals surface area contributed by atoms with Crippen LogP contribution in [0.2, 0.25) is 5.02 Å². The number of anilines is 1. The van der Waals surface area contributed by atoms with Crippen molar-refractivity contribution in [1.29, 1.82) is 0 Å². The highest BCUT2D eigenvalue weighted by Crippen LogP contribution is 2.34. The van der Waals surface area contributed by atoms with Crippen molar-refractivity contribution in [1.82, 2.24) is 24.5 Å². The van der Waals surface area contributed by atoms with Crippen molar-refractivity contribution in [2.75, 3.05) is 18.5 Å². The van der Waals surface area contributed by atoms with Gasteiger partial charge in [0.25, 0.3) is 5.56 Å². The number of halogens is 4. The lowest BCUT2D eigenvalue weighted by Gasteiger charge is -2.19. The smallest absolute Gasteiger partial charge is 0.396 e. The molecule has 3 heterocycles. The van der Waals surface area contributed by atoms with Gasteiger partial charge in [0, 0.05) is 58.7 Å². The Balaban J connectivity index is 1.67. The van der Waals surface area contributed by atoms with Crippen LogP contribution < -0.4 is 10.9 Å². The Morgan fingerprint density at radius 2 is 1.73 bits per heavy atom. The van der Waals surface area contributed by atoms with Gasteiger partial charge in [0.2, 0.25) is 5.95 Å². The van der Waals surface area contributed by atoms with E-state index < -0.39 is 23.8 Å². The number of alkyl halides is 3. The Bertz CT molecular complexity index is 1860. The number of aliphatic hydroxyl groups is 2. The molecule has 0 aliphatic rings. The molecule has 0 bridgehead atoms. The van der Waals surface area contributed by atoms with Crippen LogP contribution in [0.5, 0.6) is 0 Å². The average Bonchev–Trinajstić information content (AvgIpc) is 2.99. The van der Waals surface area contributed by atoms with Crippen molar-refractivity contribution in [3.63, 3.8) is 0 Å². The third-order valence-corrected chi connectivity index (χ3v) is 7.39. The fraction of sp³-hybridized carbons (Fsp3) is 0.258. The summed E-state index contributed by atoms with van der Waals surface area (Å²) in [5.41, 5.74) is 1.01. The number of aliphatic hydroxyl groups excluding tert-OH is 2. The van der Waals surface area contributed by atoms with Gasteiger partial charge in [-0.1, -0.05) is 41.9 Å². The molecule has 3 N–H and O–H groups in total. The van der Waals surface area contributed by atoms with Crippen molar-refractivity contribution in [3.05, 3.63) is 99.3 Å². The van der Waals surface area contributed by atoms with E-state index in [1.54, 1.807) is 36.7 Å². The number of fused-ring (bicyclic) bond motifs is 1. The molecule has 0 unspecified atom stereocenters. The van der Waals surface area contributed by atoms with Gasteiger partial charge in [-0.3, -0.25) is 14.3 Å². The molecule has 5 aromatic rings. The predicted octanol–water partition coefficient (Wildman–Crippen LogP) is 5.49. The number of benzene rings is 2. The van der Waals surface area contributed by atoms with Crippen molar-refractivity contribution >= 4 is 28.6 Å². The van der Waals surface area contributed by atoms with Gasteiger partial charge >= 0.3 is 6.18 Å². The summed E-state index contributed by atoms with van der Waals surface area (Å²) >= 11 is 6.69. The highest BCUT2D eigenvalue weighted by molar-refractivity contribution is 6.33. The number of rotatable bonds is 10. The fourth-order valence-electron chi connectivity index (χ4n) is 4.95. The van der Waals surface area contributed by atoms with Crippen LogP contribution in [0.25, 0.3) is 33.4 Å². The summed E-state index contributed by atoms with van der Waals surface area (Å²) in [5, 5.41) is 22.4. The molecule has 44 heavy (non-hydrogen) atoms. The van der Waals surface area contributed by atoms with E-state index >= 15 is 0 Å². The van der Waals surface area contributed by atoms with E-state index in [1.807, 2.05) is 6.92 Å². The van der Waals surface area contributed by atoms with Gasteiger partial charge in [-0.15, -0.1) is 0 Å². The van der Waals surface area contributed by atoms with Crippen LogP contribution in [0.15, 0.2) is 71.9 Å². The zero-order valence-corrected chi connectivity index (χ0v) is 24.3. The third kappa shape index (κ3) is 6.72. The van der Waals surface area contributed by atoms with Crippen LogP contribution >= 0.6 is 11.6 Å². The van der Waals surface area contributed by atoms with Gasteiger partial charge in [0.1, 0.15) is 5.65 Å². The number of aromatic nitrogens is 5. The Labute approximate surface area is 255 Å². The molecule has 0 amide bonds.